The fourth-order valence-corrected chi connectivity index (χ4v) is 3.36. The predicted octanol–water partition coefficient (Wildman–Crippen LogP) is 2.88. The molecule has 0 unspecified atom stereocenters. The van der Waals surface area contributed by atoms with Gasteiger partial charge < -0.3 is 15.6 Å². The highest BCUT2D eigenvalue weighted by Crippen LogP contribution is 2.39. The van der Waals surface area contributed by atoms with Crippen molar-refractivity contribution in [3.8, 4) is 0 Å². The van der Waals surface area contributed by atoms with Crippen LogP contribution in [-0.2, 0) is 11.2 Å². The zero-order valence-electron chi connectivity index (χ0n) is 11.0. The van der Waals surface area contributed by atoms with E-state index in [0.717, 1.165) is 28.6 Å². The lowest BCUT2D eigenvalue weighted by molar-refractivity contribution is -0.132. The standard InChI is InChI=1S/C14H15Cl2N3O/c1-7-12-8-2-3-9(15)13(16)14(8)18-10(12)4-5-19(7)11(20)6-17/h2-3,7,18H,4-6,17H2,1H3/t7-/m0/s1. The maximum absolute atomic E-state index is 11.9. The zero-order chi connectivity index (χ0) is 14.4. The second kappa shape index (κ2) is 4.95. The second-order valence-electron chi connectivity index (χ2n) is 5.02. The number of aromatic nitrogens is 1. The Morgan fingerprint density at radius 1 is 1.50 bits per heavy atom. The van der Waals surface area contributed by atoms with Crippen molar-refractivity contribution in [3.63, 3.8) is 0 Å². The molecule has 2 heterocycles. The van der Waals surface area contributed by atoms with Gasteiger partial charge in [0, 0.05) is 29.6 Å². The van der Waals surface area contributed by atoms with Crippen LogP contribution >= 0.6 is 23.2 Å². The summed E-state index contributed by atoms with van der Waals surface area (Å²) in [5.41, 5.74) is 8.56. The van der Waals surface area contributed by atoms with Crippen molar-refractivity contribution >= 4 is 40.0 Å². The highest BCUT2D eigenvalue weighted by molar-refractivity contribution is 6.45. The van der Waals surface area contributed by atoms with E-state index < -0.39 is 0 Å². The summed E-state index contributed by atoms with van der Waals surface area (Å²) >= 11 is 12.3. The highest BCUT2D eigenvalue weighted by atomic mass is 35.5. The minimum atomic E-state index is -0.0300. The Balaban J connectivity index is 2.17. The van der Waals surface area contributed by atoms with Gasteiger partial charge in [-0.3, -0.25) is 4.79 Å². The summed E-state index contributed by atoms with van der Waals surface area (Å²) in [6, 6.07) is 3.73. The average molecular weight is 312 g/mol. The van der Waals surface area contributed by atoms with Gasteiger partial charge in [0.05, 0.1) is 28.1 Å². The van der Waals surface area contributed by atoms with Gasteiger partial charge in [-0.05, 0) is 13.0 Å². The van der Waals surface area contributed by atoms with Crippen LogP contribution in [0.3, 0.4) is 0 Å². The maximum atomic E-state index is 11.9. The number of amides is 1. The average Bonchev–Trinajstić information content (AvgIpc) is 2.83. The Labute approximate surface area is 126 Å². The number of rotatable bonds is 1. The van der Waals surface area contributed by atoms with Crippen molar-refractivity contribution < 1.29 is 4.79 Å². The van der Waals surface area contributed by atoms with Gasteiger partial charge in [-0.15, -0.1) is 0 Å². The smallest absolute Gasteiger partial charge is 0.236 e. The molecule has 1 aliphatic rings. The third kappa shape index (κ3) is 1.91. The molecule has 3 rings (SSSR count). The third-order valence-electron chi connectivity index (χ3n) is 3.97. The van der Waals surface area contributed by atoms with Crippen molar-refractivity contribution in [1.29, 1.82) is 0 Å². The minimum absolute atomic E-state index is 0.0132. The lowest BCUT2D eigenvalue weighted by atomic mass is 9.97. The van der Waals surface area contributed by atoms with E-state index in [4.69, 9.17) is 28.9 Å². The van der Waals surface area contributed by atoms with Gasteiger partial charge in [0.25, 0.3) is 0 Å². The molecule has 1 aromatic carbocycles. The molecule has 0 spiro atoms. The molecule has 3 N–H and O–H groups in total. The Morgan fingerprint density at radius 3 is 2.95 bits per heavy atom. The molecule has 1 atom stereocenters. The number of H-pyrrole nitrogens is 1. The summed E-state index contributed by atoms with van der Waals surface area (Å²) in [6.45, 7) is 2.72. The number of halogens is 2. The van der Waals surface area contributed by atoms with Gasteiger partial charge in [0.2, 0.25) is 5.91 Å². The van der Waals surface area contributed by atoms with Crippen LogP contribution in [0.5, 0.6) is 0 Å². The molecule has 1 amide bonds. The van der Waals surface area contributed by atoms with Gasteiger partial charge >= 0.3 is 0 Å². The first-order chi connectivity index (χ1) is 9.54. The predicted molar refractivity (Wildman–Crippen MR) is 81.2 cm³/mol. The molecule has 0 saturated heterocycles. The summed E-state index contributed by atoms with van der Waals surface area (Å²) in [5.74, 6) is -0.0300. The number of fused-ring (bicyclic) bond motifs is 3. The minimum Gasteiger partial charge on any atom is -0.357 e. The van der Waals surface area contributed by atoms with Crippen LogP contribution in [0.1, 0.15) is 24.2 Å². The fraction of sp³-hybridized carbons (Fsp3) is 0.357. The Kier molecular flexibility index (Phi) is 3.40. The molecule has 1 aromatic heterocycles. The Bertz CT molecular complexity index is 695. The number of benzene rings is 1. The number of hydrogen-bond acceptors (Lipinski definition) is 2. The number of hydrogen-bond donors (Lipinski definition) is 2. The van der Waals surface area contributed by atoms with Gasteiger partial charge in [0.1, 0.15) is 0 Å². The first kappa shape index (κ1) is 13.7. The Morgan fingerprint density at radius 2 is 2.25 bits per heavy atom. The van der Waals surface area contributed by atoms with Crippen molar-refractivity contribution in [3.05, 3.63) is 33.4 Å². The number of nitrogens with one attached hydrogen (secondary N) is 1. The van der Waals surface area contributed by atoms with Crippen LogP contribution in [0.25, 0.3) is 10.9 Å². The van der Waals surface area contributed by atoms with E-state index in [1.54, 1.807) is 6.07 Å². The molecule has 106 valence electrons. The SMILES string of the molecule is C[C@H]1c2c([nH]c3c(Cl)c(Cl)ccc23)CCN1C(=O)CN. The van der Waals surface area contributed by atoms with E-state index in [1.165, 1.54) is 0 Å². The molecule has 2 aromatic rings. The van der Waals surface area contributed by atoms with E-state index in [2.05, 4.69) is 4.98 Å². The van der Waals surface area contributed by atoms with Crippen LogP contribution in [-0.4, -0.2) is 28.9 Å². The summed E-state index contributed by atoms with van der Waals surface area (Å²) in [4.78, 5) is 17.1. The molecule has 0 aliphatic carbocycles. The second-order valence-corrected chi connectivity index (χ2v) is 5.80. The van der Waals surface area contributed by atoms with E-state index in [0.29, 0.717) is 16.6 Å². The number of nitrogens with two attached hydrogens (primary N) is 1. The molecule has 0 fully saturated rings. The largest absolute Gasteiger partial charge is 0.357 e. The molecular formula is C14H15Cl2N3O. The molecule has 1 aliphatic heterocycles. The van der Waals surface area contributed by atoms with E-state index in [9.17, 15) is 4.79 Å². The first-order valence-corrected chi connectivity index (χ1v) is 7.28. The zero-order valence-corrected chi connectivity index (χ0v) is 12.6. The van der Waals surface area contributed by atoms with Crippen molar-refractivity contribution in [2.24, 2.45) is 5.73 Å². The van der Waals surface area contributed by atoms with Crippen LogP contribution in [0.4, 0.5) is 0 Å². The number of aromatic amines is 1. The lowest BCUT2D eigenvalue weighted by Gasteiger charge is -2.33. The lowest BCUT2D eigenvalue weighted by Crippen LogP contribution is -2.41. The number of carbonyl (C=O) groups is 1. The van der Waals surface area contributed by atoms with Gasteiger partial charge in [-0.1, -0.05) is 29.3 Å². The van der Waals surface area contributed by atoms with E-state index in [-0.39, 0.29) is 18.5 Å². The van der Waals surface area contributed by atoms with Gasteiger partial charge in [0.15, 0.2) is 0 Å². The normalized spacial score (nSPS) is 18.4. The van der Waals surface area contributed by atoms with E-state index in [1.807, 2.05) is 17.9 Å². The number of carbonyl (C=O) groups excluding carboxylic acids is 1. The Hall–Kier alpha value is -1.23. The van der Waals surface area contributed by atoms with E-state index >= 15 is 0 Å². The van der Waals surface area contributed by atoms with Crippen molar-refractivity contribution in [2.45, 2.75) is 19.4 Å². The van der Waals surface area contributed by atoms with Gasteiger partial charge in [-0.25, -0.2) is 0 Å². The maximum Gasteiger partial charge on any atom is 0.236 e. The van der Waals surface area contributed by atoms with Crippen LogP contribution in [0.2, 0.25) is 10.0 Å². The van der Waals surface area contributed by atoms with Gasteiger partial charge in [-0.2, -0.15) is 0 Å². The van der Waals surface area contributed by atoms with Crippen LogP contribution in [0, 0.1) is 0 Å². The molecule has 4 nitrogen and oxygen atoms in total. The highest BCUT2D eigenvalue weighted by Gasteiger charge is 2.30. The summed E-state index contributed by atoms with van der Waals surface area (Å²) < 4.78 is 0. The monoisotopic (exact) mass is 311 g/mol. The molecular weight excluding hydrogens is 297 g/mol. The quantitative estimate of drug-likeness (QED) is 0.850. The van der Waals surface area contributed by atoms with Crippen molar-refractivity contribution in [2.75, 3.05) is 13.1 Å². The van der Waals surface area contributed by atoms with Crippen LogP contribution < -0.4 is 5.73 Å². The molecule has 0 saturated carbocycles. The summed E-state index contributed by atoms with van der Waals surface area (Å²) in [5, 5.41) is 2.08. The molecule has 0 radical (unpaired) electrons. The molecule has 20 heavy (non-hydrogen) atoms. The summed E-state index contributed by atoms with van der Waals surface area (Å²) in [7, 11) is 0. The number of nitrogens with zero attached hydrogens (tertiary/aromatic N) is 1. The molecule has 0 bridgehead atoms. The third-order valence-corrected chi connectivity index (χ3v) is 4.77. The van der Waals surface area contributed by atoms with Crippen LogP contribution in [0.15, 0.2) is 12.1 Å². The first-order valence-electron chi connectivity index (χ1n) is 6.52. The van der Waals surface area contributed by atoms with Crippen molar-refractivity contribution in [1.82, 2.24) is 9.88 Å². The summed E-state index contributed by atoms with van der Waals surface area (Å²) in [6.07, 6.45) is 0.772. The fourth-order valence-electron chi connectivity index (χ4n) is 2.99. The topological polar surface area (TPSA) is 62.1 Å². The molecule has 6 heteroatoms.